The predicted molar refractivity (Wildman–Crippen MR) is 83.6 cm³/mol. The summed E-state index contributed by atoms with van der Waals surface area (Å²) < 4.78 is 0. The van der Waals surface area contributed by atoms with Crippen LogP contribution in [0.15, 0.2) is 12.1 Å². The van der Waals surface area contributed by atoms with Gasteiger partial charge >= 0.3 is 0 Å². The highest BCUT2D eigenvalue weighted by Crippen LogP contribution is 2.26. The Hall–Kier alpha value is -1.33. The van der Waals surface area contributed by atoms with Gasteiger partial charge in [-0.25, -0.2) is 0 Å². The van der Waals surface area contributed by atoms with Crippen molar-refractivity contribution in [2.75, 3.05) is 0 Å². The molecule has 0 bridgehead atoms. The fourth-order valence-corrected chi connectivity index (χ4v) is 3.51. The average molecular weight is 270 g/mol. The van der Waals surface area contributed by atoms with Gasteiger partial charge in [0.05, 0.1) is 6.07 Å². The van der Waals surface area contributed by atoms with Crippen molar-refractivity contribution in [3.8, 4) is 6.07 Å². The van der Waals surface area contributed by atoms with Gasteiger partial charge in [-0.15, -0.1) is 0 Å². The van der Waals surface area contributed by atoms with E-state index in [-0.39, 0.29) is 6.04 Å². The maximum absolute atomic E-state index is 9.59. The molecule has 1 atom stereocenters. The summed E-state index contributed by atoms with van der Waals surface area (Å²) in [5.74, 6) is 0. The van der Waals surface area contributed by atoms with E-state index in [1.54, 1.807) is 0 Å². The Balaban J connectivity index is 2.18. The summed E-state index contributed by atoms with van der Waals surface area (Å²) in [5.41, 5.74) is 4.92. The Morgan fingerprint density at radius 3 is 2.10 bits per heavy atom. The van der Waals surface area contributed by atoms with Crippen LogP contribution in [-0.4, -0.2) is 6.04 Å². The monoisotopic (exact) mass is 270 g/mol. The molecule has 1 aliphatic carbocycles. The predicted octanol–water partition coefficient (Wildman–Crippen LogP) is 4.49. The van der Waals surface area contributed by atoms with Gasteiger partial charge in [-0.2, -0.15) is 5.26 Å². The molecule has 0 saturated heterocycles. The molecule has 0 heterocycles. The first-order valence-corrected chi connectivity index (χ1v) is 7.85. The molecule has 0 spiro atoms. The number of nitriles is 1. The van der Waals surface area contributed by atoms with Crippen molar-refractivity contribution >= 4 is 0 Å². The van der Waals surface area contributed by atoms with Crippen molar-refractivity contribution in [2.45, 2.75) is 71.4 Å². The molecule has 108 valence electrons. The molecule has 1 fully saturated rings. The normalized spacial score (nSPS) is 18.3. The zero-order chi connectivity index (χ0) is 14.5. The van der Waals surface area contributed by atoms with Gasteiger partial charge in [-0.05, 0) is 50.3 Å². The van der Waals surface area contributed by atoms with Crippen LogP contribution in [0.3, 0.4) is 0 Å². The van der Waals surface area contributed by atoms with Crippen LogP contribution >= 0.6 is 0 Å². The summed E-state index contributed by atoms with van der Waals surface area (Å²) in [5, 5.41) is 13.2. The van der Waals surface area contributed by atoms with E-state index in [1.165, 1.54) is 60.8 Å². The van der Waals surface area contributed by atoms with E-state index in [9.17, 15) is 5.26 Å². The SMILES string of the molecule is Cc1cc(C)c(C(C#N)NC2CCCCCC2)c(C)c1. The number of hydrogen-bond donors (Lipinski definition) is 1. The van der Waals surface area contributed by atoms with E-state index in [2.05, 4.69) is 44.3 Å². The second-order valence-corrected chi connectivity index (χ2v) is 6.23. The first-order chi connectivity index (χ1) is 9.61. The molecule has 1 N–H and O–H groups in total. The van der Waals surface area contributed by atoms with Crippen LogP contribution in [0.25, 0.3) is 0 Å². The van der Waals surface area contributed by atoms with E-state index in [0.717, 1.165) is 0 Å². The number of nitrogens with one attached hydrogen (secondary N) is 1. The molecule has 2 rings (SSSR count). The third-order valence-electron chi connectivity index (χ3n) is 4.41. The van der Waals surface area contributed by atoms with Gasteiger partial charge in [0.25, 0.3) is 0 Å². The summed E-state index contributed by atoms with van der Waals surface area (Å²) in [6.07, 6.45) is 7.70. The van der Waals surface area contributed by atoms with E-state index in [4.69, 9.17) is 0 Å². The van der Waals surface area contributed by atoms with Crippen LogP contribution in [0.4, 0.5) is 0 Å². The van der Waals surface area contributed by atoms with Gasteiger partial charge in [0.1, 0.15) is 6.04 Å². The standard InChI is InChI=1S/C18H26N2/c1-13-10-14(2)18(15(3)11-13)17(12-19)20-16-8-6-4-5-7-9-16/h10-11,16-17,20H,4-9H2,1-3H3. The molecule has 0 radical (unpaired) electrons. The number of aryl methyl sites for hydroxylation is 3. The Labute approximate surface area is 123 Å². The minimum atomic E-state index is -0.168. The minimum absolute atomic E-state index is 0.168. The third kappa shape index (κ3) is 3.61. The molecule has 0 aliphatic heterocycles. The summed E-state index contributed by atoms with van der Waals surface area (Å²) in [4.78, 5) is 0. The fourth-order valence-electron chi connectivity index (χ4n) is 3.51. The molecule has 20 heavy (non-hydrogen) atoms. The lowest BCUT2D eigenvalue weighted by molar-refractivity contribution is 0.435. The van der Waals surface area contributed by atoms with Crippen molar-refractivity contribution in [1.29, 1.82) is 5.26 Å². The number of hydrogen-bond acceptors (Lipinski definition) is 2. The van der Waals surface area contributed by atoms with Crippen LogP contribution in [0.1, 0.15) is 66.8 Å². The largest absolute Gasteiger partial charge is 0.295 e. The summed E-state index contributed by atoms with van der Waals surface area (Å²) in [7, 11) is 0. The minimum Gasteiger partial charge on any atom is -0.295 e. The zero-order valence-electron chi connectivity index (χ0n) is 13.0. The van der Waals surface area contributed by atoms with E-state index < -0.39 is 0 Å². The highest BCUT2D eigenvalue weighted by molar-refractivity contribution is 5.41. The maximum atomic E-state index is 9.59. The van der Waals surface area contributed by atoms with Crippen molar-refractivity contribution in [3.05, 3.63) is 34.4 Å². The van der Waals surface area contributed by atoms with Crippen molar-refractivity contribution in [2.24, 2.45) is 0 Å². The highest BCUT2D eigenvalue weighted by atomic mass is 14.9. The van der Waals surface area contributed by atoms with Crippen molar-refractivity contribution < 1.29 is 0 Å². The fraction of sp³-hybridized carbons (Fsp3) is 0.611. The van der Waals surface area contributed by atoms with Crippen LogP contribution in [0.2, 0.25) is 0 Å². The van der Waals surface area contributed by atoms with Crippen molar-refractivity contribution in [1.82, 2.24) is 5.32 Å². The molecule has 1 aromatic rings. The van der Waals surface area contributed by atoms with E-state index in [0.29, 0.717) is 6.04 Å². The topological polar surface area (TPSA) is 35.8 Å². The lowest BCUT2D eigenvalue weighted by Crippen LogP contribution is -2.32. The Kier molecular flexibility index (Phi) is 5.20. The molecular weight excluding hydrogens is 244 g/mol. The van der Waals surface area contributed by atoms with Gasteiger partial charge in [0.2, 0.25) is 0 Å². The van der Waals surface area contributed by atoms with E-state index in [1.807, 2.05) is 0 Å². The molecule has 1 aliphatic rings. The second kappa shape index (κ2) is 6.90. The Bertz CT molecular complexity index is 468. The summed E-state index contributed by atoms with van der Waals surface area (Å²) >= 11 is 0. The maximum Gasteiger partial charge on any atom is 0.122 e. The number of benzene rings is 1. The van der Waals surface area contributed by atoms with Crippen molar-refractivity contribution in [3.63, 3.8) is 0 Å². The van der Waals surface area contributed by atoms with Crippen LogP contribution < -0.4 is 5.32 Å². The molecule has 1 unspecified atom stereocenters. The van der Waals surface area contributed by atoms with Crippen LogP contribution in [-0.2, 0) is 0 Å². The van der Waals surface area contributed by atoms with Gasteiger partial charge in [-0.3, -0.25) is 5.32 Å². The third-order valence-corrected chi connectivity index (χ3v) is 4.41. The van der Waals surface area contributed by atoms with E-state index >= 15 is 0 Å². The number of nitrogens with zero attached hydrogens (tertiary/aromatic N) is 1. The average Bonchev–Trinajstić information content (AvgIpc) is 2.65. The zero-order valence-corrected chi connectivity index (χ0v) is 13.0. The summed E-state index contributed by atoms with van der Waals surface area (Å²) in [6.45, 7) is 6.35. The first kappa shape index (κ1) is 15.1. The Morgan fingerprint density at radius 2 is 1.60 bits per heavy atom. The molecular formula is C18H26N2. The van der Waals surface area contributed by atoms with Crippen LogP contribution in [0, 0.1) is 32.1 Å². The summed E-state index contributed by atoms with van der Waals surface area (Å²) in [6, 6.07) is 7.17. The lowest BCUT2D eigenvalue weighted by Gasteiger charge is -2.23. The second-order valence-electron chi connectivity index (χ2n) is 6.23. The molecule has 1 aromatic carbocycles. The number of rotatable bonds is 3. The van der Waals surface area contributed by atoms with Gasteiger partial charge < -0.3 is 0 Å². The van der Waals surface area contributed by atoms with Crippen LogP contribution in [0.5, 0.6) is 0 Å². The lowest BCUT2D eigenvalue weighted by atomic mass is 9.93. The Morgan fingerprint density at radius 1 is 1.05 bits per heavy atom. The smallest absolute Gasteiger partial charge is 0.122 e. The molecule has 0 amide bonds. The quantitative estimate of drug-likeness (QED) is 0.821. The molecule has 2 heteroatoms. The van der Waals surface area contributed by atoms with Gasteiger partial charge in [0.15, 0.2) is 0 Å². The molecule has 2 nitrogen and oxygen atoms in total. The van der Waals surface area contributed by atoms with Gasteiger partial charge in [-0.1, -0.05) is 43.4 Å². The highest BCUT2D eigenvalue weighted by Gasteiger charge is 2.20. The first-order valence-electron chi connectivity index (χ1n) is 7.85. The van der Waals surface area contributed by atoms with Gasteiger partial charge in [0, 0.05) is 6.04 Å². The molecule has 0 aromatic heterocycles. The molecule has 1 saturated carbocycles.